The van der Waals surface area contributed by atoms with Crippen LogP contribution in [0.1, 0.15) is 18.9 Å². The summed E-state index contributed by atoms with van der Waals surface area (Å²) in [6.45, 7) is 2.06. The van der Waals surface area contributed by atoms with Gasteiger partial charge >= 0.3 is 0 Å². The molecular formula is C14H16FN3S. The summed E-state index contributed by atoms with van der Waals surface area (Å²) in [5, 5.41) is 0.653. The average Bonchev–Trinajstić information content (AvgIpc) is 2.43. The summed E-state index contributed by atoms with van der Waals surface area (Å²) in [6.07, 6.45) is 5.33. The van der Waals surface area contributed by atoms with Crippen molar-refractivity contribution in [3.63, 3.8) is 0 Å². The summed E-state index contributed by atoms with van der Waals surface area (Å²) in [4.78, 5) is 9.49. The van der Waals surface area contributed by atoms with Gasteiger partial charge in [-0.05, 0) is 54.4 Å². The maximum Gasteiger partial charge on any atom is 0.192 e. The van der Waals surface area contributed by atoms with E-state index in [0.29, 0.717) is 5.16 Å². The monoisotopic (exact) mass is 277 g/mol. The van der Waals surface area contributed by atoms with Crippen LogP contribution in [-0.2, 0) is 6.42 Å². The number of rotatable bonds is 5. The van der Waals surface area contributed by atoms with Crippen LogP contribution in [0.4, 0.5) is 4.39 Å². The van der Waals surface area contributed by atoms with E-state index in [1.807, 2.05) is 0 Å². The zero-order chi connectivity index (χ0) is 13.7. The topological polar surface area (TPSA) is 51.8 Å². The molecule has 0 bridgehead atoms. The molecule has 1 aromatic carbocycles. The molecule has 1 heterocycles. The fourth-order valence-electron chi connectivity index (χ4n) is 1.56. The summed E-state index contributed by atoms with van der Waals surface area (Å²) in [6, 6.07) is 6.43. The average molecular weight is 277 g/mol. The molecule has 19 heavy (non-hydrogen) atoms. The van der Waals surface area contributed by atoms with E-state index < -0.39 is 0 Å². The molecule has 2 N–H and O–H groups in total. The SMILES string of the molecule is CCC(N)Cc1cnc(Sc2ccc(F)cc2)nc1. The van der Waals surface area contributed by atoms with Gasteiger partial charge in [-0.3, -0.25) is 0 Å². The fraction of sp³-hybridized carbons (Fsp3) is 0.286. The third-order valence-corrected chi connectivity index (χ3v) is 3.63. The number of nitrogens with zero attached hydrogens (tertiary/aromatic N) is 2. The van der Waals surface area contributed by atoms with E-state index in [4.69, 9.17) is 5.73 Å². The lowest BCUT2D eigenvalue weighted by atomic mass is 10.1. The Kier molecular flexibility index (Phi) is 4.87. The fourth-order valence-corrected chi connectivity index (χ4v) is 2.25. The molecule has 1 unspecified atom stereocenters. The number of benzene rings is 1. The van der Waals surface area contributed by atoms with E-state index in [2.05, 4.69) is 16.9 Å². The molecule has 0 aliphatic heterocycles. The third-order valence-electron chi connectivity index (χ3n) is 2.73. The molecule has 100 valence electrons. The molecule has 0 saturated heterocycles. The van der Waals surface area contributed by atoms with Gasteiger partial charge in [-0.15, -0.1) is 0 Å². The van der Waals surface area contributed by atoms with Gasteiger partial charge in [0.05, 0.1) is 0 Å². The Labute approximate surface area is 116 Å². The largest absolute Gasteiger partial charge is 0.327 e. The minimum Gasteiger partial charge on any atom is -0.327 e. The zero-order valence-electron chi connectivity index (χ0n) is 10.7. The van der Waals surface area contributed by atoms with Crippen LogP contribution in [0, 0.1) is 5.82 Å². The predicted molar refractivity (Wildman–Crippen MR) is 74.5 cm³/mol. The van der Waals surface area contributed by atoms with Crippen LogP contribution < -0.4 is 5.73 Å². The van der Waals surface area contributed by atoms with Crippen molar-refractivity contribution in [1.82, 2.24) is 9.97 Å². The van der Waals surface area contributed by atoms with Crippen molar-refractivity contribution in [2.24, 2.45) is 5.73 Å². The molecule has 2 rings (SSSR count). The number of hydrogen-bond acceptors (Lipinski definition) is 4. The standard InChI is InChI=1S/C14H16FN3S/c1-2-12(16)7-10-8-17-14(18-9-10)19-13-5-3-11(15)4-6-13/h3-6,8-9,12H,2,7,16H2,1H3. The molecule has 2 aromatic rings. The predicted octanol–water partition coefficient (Wildman–Crippen LogP) is 3.05. The van der Waals surface area contributed by atoms with Gasteiger partial charge in [0.2, 0.25) is 0 Å². The minimum absolute atomic E-state index is 0.152. The molecule has 1 aromatic heterocycles. The van der Waals surface area contributed by atoms with E-state index in [-0.39, 0.29) is 11.9 Å². The van der Waals surface area contributed by atoms with Crippen LogP contribution in [0.15, 0.2) is 46.7 Å². The molecule has 0 radical (unpaired) electrons. The van der Waals surface area contributed by atoms with Crippen molar-refractivity contribution in [3.8, 4) is 0 Å². The quantitative estimate of drug-likeness (QED) is 0.853. The number of nitrogens with two attached hydrogens (primary N) is 1. The van der Waals surface area contributed by atoms with Gasteiger partial charge in [-0.25, -0.2) is 14.4 Å². The van der Waals surface area contributed by atoms with Crippen molar-refractivity contribution in [3.05, 3.63) is 48.0 Å². The van der Waals surface area contributed by atoms with E-state index in [0.717, 1.165) is 23.3 Å². The second-order valence-corrected chi connectivity index (χ2v) is 5.34. The van der Waals surface area contributed by atoms with Gasteiger partial charge in [0.1, 0.15) is 5.82 Å². The highest BCUT2D eigenvalue weighted by Crippen LogP contribution is 2.24. The second kappa shape index (κ2) is 6.63. The first-order chi connectivity index (χ1) is 9.17. The van der Waals surface area contributed by atoms with Gasteiger partial charge in [-0.1, -0.05) is 6.92 Å². The molecular weight excluding hydrogens is 261 g/mol. The Bertz CT molecular complexity index is 513. The number of aromatic nitrogens is 2. The van der Waals surface area contributed by atoms with E-state index in [9.17, 15) is 4.39 Å². The Morgan fingerprint density at radius 2 is 1.84 bits per heavy atom. The highest BCUT2D eigenvalue weighted by molar-refractivity contribution is 7.99. The Balaban J connectivity index is 2.00. The van der Waals surface area contributed by atoms with Crippen molar-refractivity contribution in [1.29, 1.82) is 0 Å². The summed E-state index contributed by atoms with van der Waals surface area (Å²) in [7, 11) is 0. The molecule has 0 amide bonds. The molecule has 1 atom stereocenters. The first-order valence-electron chi connectivity index (χ1n) is 6.17. The van der Waals surface area contributed by atoms with Gasteiger partial charge < -0.3 is 5.73 Å². The number of hydrogen-bond donors (Lipinski definition) is 1. The van der Waals surface area contributed by atoms with Crippen LogP contribution in [0.25, 0.3) is 0 Å². The van der Waals surface area contributed by atoms with Crippen LogP contribution >= 0.6 is 11.8 Å². The van der Waals surface area contributed by atoms with E-state index >= 15 is 0 Å². The molecule has 0 aliphatic carbocycles. The molecule has 0 aliphatic rings. The Morgan fingerprint density at radius 1 is 1.21 bits per heavy atom. The highest BCUT2D eigenvalue weighted by Gasteiger charge is 2.04. The van der Waals surface area contributed by atoms with Crippen LogP contribution in [0.2, 0.25) is 0 Å². The Hall–Kier alpha value is -1.46. The van der Waals surface area contributed by atoms with Crippen molar-refractivity contribution >= 4 is 11.8 Å². The second-order valence-electron chi connectivity index (χ2n) is 4.30. The molecule has 0 spiro atoms. The maximum atomic E-state index is 12.8. The molecule has 0 saturated carbocycles. The summed E-state index contributed by atoms with van der Waals surface area (Å²) < 4.78 is 12.8. The van der Waals surface area contributed by atoms with E-state index in [1.165, 1.54) is 23.9 Å². The maximum absolute atomic E-state index is 12.8. The Morgan fingerprint density at radius 3 is 2.42 bits per heavy atom. The van der Waals surface area contributed by atoms with Crippen molar-refractivity contribution in [2.45, 2.75) is 35.9 Å². The van der Waals surface area contributed by atoms with Crippen molar-refractivity contribution in [2.75, 3.05) is 0 Å². The van der Waals surface area contributed by atoms with Gasteiger partial charge in [-0.2, -0.15) is 0 Å². The first-order valence-corrected chi connectivity index (χ1v) is 6.99. The van der Waals surface area contributed by atoms with Gasteiger partial charge in [0.25, 0.3) is 0 Å². The lowest BCUT2D eigenvalue weighted by molar-refractivity contribution is 0.626. The van der Waals surface area contributed by atoms with E-state index in [1.54, 1.807) is 24.5 Å². The van der Waals surface area contributed by atoms with Gasteiger partial charge in [0.15, 0.2) is 5.16 Å². The number of halogens is 1. The third kappa shape index (κ3) is 4.29. The molecule has 0 fully saturated rings. The lowest BCUT2D eigenvalue weighted by Gasteiger charge is -2.08. The van der Waals surface area contributed by atoms with Crippen molar-refractivity contribution < 1.29 is 4.39 Å². The molecule has 3 nitrogen and oxygen atoms in total. The summed E-state index contributed by atoms with van der Waals surface area (Å²) in [5.74, 6) is -0.242. The van der Waals surface area contributed by atoms with Gasteiger partial charge in [0, 0.05) is 23.3 Å². The highest BCUT2D eigenvalue weighted by atomic mass is 32.2. The smallest absolute Gasteiger partial charge is 0.192 e. The summed E-state index contributed by atoms with van der Waals surface area (Å²) >= 11 is 1.41. The normalized spacial score (nSPS) is 12.4. The van der Waals surface area contributed by atoms with Crippen LogP contribution in [0.3, 0.4) is 0 Å². The first kappa shape index (κ1) is 14.0. The van der Waals surface area contributed by atoms with Crippen LogP contribution in [-0.4, -0.2) is 16.0 Å². The summed E-state index contributed by atoms with van der Waals surface area (Å²) in [5.41, 5.74) is 6.92. The van der Waals surface area contributed by atoms with Crippen LogP contribution in [0.5, 0.6) is 0 Å². The molecule has 5 heteroatoms. The zero-order valence-corrected chi connectivity index (χ0v) is 11.5. The lowest BCUT2D eigenvalue weighted by Crippen LogP contribution is -2.21. The minimum atomic E-state index is -0.242.